The van der Waals surface area contributed by atoms with Crippen LogP contribution in [0.25, 0.3) is 17.0 Å². The standard InChI is InChI=1S/C22H23N2S.HI/c1-4-23-18(13-12-17-11-10-16(3)14-20(17)23)15-22-24(5-2)19-8-6-7-9-21(19)25-22;/h6-15H,4-5H2,1-3H3;1H/q+1;/p-1. The molecule has 0 atom stereocenters. The van der Waals surface area contributed by atoms with Gasteiger partial charge in [-0.3, -0.25) is 0 Å². The highest BCUT2D eigenvalue weighted by Gasteiger charge is 2.25. The second kappa shape index (κ2) is 8.01. The molecule has 4 rings (SSSR count). The van der Waals surface area contributed by atoms with E-state index in [1.54, 1.807) is 0 Å². The molecule has 0 unspecified atom stereocenters. The van der Waals surface area contributed by atoms with Crippen LogP contribution in [0.4, 0.5) is 5.69 Å². The molecule has 0 amide bonds. The summed E-state index contributed by atoms with van der Waals surface area (Å²) in [6.07, 6.45) is 2.33. The molecule has 26 heavy (non-hydrogen) atoms. The lowest BCUT2D eigenvalue weighted by Crippen LogP contribution is -3.00. The number of aryl methyl sites for hydroxylation is 2. The van der Waals surface area contributed by atoms with E-state index < -0.39 is 0 Å². The molecule has 0 radical (unpaired) electrons. The number of hydrogen-bond acceptors (Lipinski definition) is 2. The Morgan fingerprint density at radius 1 is 1.04 bits per heavy atom. The SMILES string of the molecule is CCN1/C(=C\c2ccc3ccc(C)cc3[n+]2CC)Sc2ccccc21.[I-]. The predicted molar refractivity (Wildman–Crippen MR) is 108 cm³/mol. The molecular weight excluding hydrogens is 451 g/mol. The number of pyridine rings is 1. The summed E-state index contributed by atoms with van der Waals surface area (Å²) in [6, 6.07) is 19.8. The molecule has 2 nitrogen and oxygen atoms in total. The number of fused-ring (bicyclic) bond motifs is 2. The zero-order valence-electron chi connectivity index (χ0n) is 15.4. The first-order valence-corrected chi connectivity index (χ1v) is 9.72. The van der Waals surface area contributed by atoms with E-state index in [9.17, 15) is 0 Å². The molecule has 1 aliphatic heterocycles. The van der Waals surface area contributed by atoms with Gasteiger partial charge in [-0.2, -0.15) is 4.57 Å². The summed E-state index contributed by atoms with van der Waals surface area (Å²) in [4.78, 5) is 3.75. The second-order valence-electron chi connectivity index (χ2n) is 6.36. The number of nitrogens with zero attached hydrogens (tertiary/aromatic N) is 2. The van der Waals surface area contributed by atoms with E-state index in [4.69, 9.17) is 0 Å². The fourth-order valence-corrected chi connectivity index (χ4v) is 4.70. The van der Waals surface area contributed by atoms with E-state index in [0.29, 0.717) is 0 Å². The number of anilines is 1. The van der Waals surface area contributed by atoms with Crippen LogP contribution in [0.1, 0.15) is 25.1 Å². The van der Waals surface area contributed by atoms with Gasteiger partial charge in [0.2, 0.25) is 11.2 Å². The summed E-state index contributed by atoms with van der Waals surface area (Å²) >= 11 is 1.87. The first-order valence-electron chi connectivity index (χ1n) is 8.90. The number of hydrogen-bond donors (Lipinski definition) is 0. The van der Waals surface area contributed by atoms with Crippen LogP contribution in [-0.2, 0) is 6.54 Å². The summed E-state index contributed by atoms with van der Waals surface area (Å²) in [5, 5.41) is 2.60. The van der Waals surface area contributed by atoms with Crippen LogP contribution in [0.15, 0.2) is 64.5 Å². The van der Waals surface area contributed by atoms with Crippen LogP contribution in [0.2, 0.25) is 0 Å². The Hall–Kier alpha value is -1.53. The van der Waals surface area contributed by atoms with Crippen LogP contribution in [-0.4, -0.2) is 6.54 Å². The fraction of sp³-hybridized carbons (Fsp3) is 0.227. The molecule has 0 spiro atoms. The van der Waals surface area contributed by atoms with Crippen molar-refractivity contribution in [2.75, 3.05) is 11.4 Å². The first kappa shape index (κ1) is 19.2. The van der Waals surface area contributed by atoms with Crippen molar-refractivity contribution in [3.8, 4) is 0 Å². The molecule has 1 aromatic heterocycles. The third-order valence-corrected chi connectivity index (χ3v) is 5.87. The van der Waals surface area contributed by atoms with Gasteiger partial charge in [-0.05, 0) is 50.6 Å². The maximum Gasteiger partial charge on any atom is 0.213 e. The van der Waals surface area contributed by atoms with Crippen LogP contribution >= 0.6 is 11.8 Å². The van der Waals surface area contributed by atoms with E-state index >= 15 is 0 Å². The lowest BCUT2D eigenvalue weighted by atomic mass is 10.1. The van der Waals surface area contributed by atoms with Crippen molar-refractivity contribution in [2.24, 2.45) is 0 Å². The molecule has 2 aromatic carbocycles. The topological polar surface area (TPSA) is 7.12 Å². The second-order valence-corrected chi connectivity index (χ2v) is 7.42. The Morgan fingerprint density at radius 3 is 2.58 bits per heavy atom. The Labute approximate surface area is 176 Å². The van der Waals surface area contributed by atoms with Crippen molar-refractivity contribution < 1.29 is 28.5 Å². The smallest absolute Gasteiger partial charge is 0.213 e. The van der Waals surface area contributed by atoms with Gasteiger partial charge in [-0.25, -0.2) is 0 Å². The summed E-state index contributed by atoms with van der Waals surface area (Å²) in [7, 11) is 0. The number of halogens is 1. The Kier molecular flexibility index (Phi) is 5.92. The zero-order valence-corrected chi connectivity index (χ0v) is 18.3. The Bertz CT molecular complexity index is 981. The molecule has 4 heteroatoms. The fourth-order valence-electron chi connectivity index (χ4n) is 3.52. The van der Waals surface area contributed by atoms with Crippen LogP contribution in [0, 0.1) is 6.92 Å². The van der Waals surface area contributed by atoms with Crippen molar-refractivity contribution in [1.82, 2.24) is 0 Å². The van der Waals surface area contributed by atoms with Gasteiger partial charge >= 0.3 is 0 Å². The summed E-state index contributed by atoms with van der Waals surface area (Å²) in [6.45, 7) is 8.54. The normalized spacial score (nSPS) is 14.6. The number of para-hydroxylation sites is 1. The molecule has 134 valence electrons. The lowest BCUT2D eigenvalue weighted by molar-refractivity contribution is -0.669. The van der Waals surface area contributed by atoms with E-state index in [1.165, 1.54) is 37.8 Å². The molecule has 1 aliphatic rings. The highest BCUT2D eigenvalue weighted by atomic mass is 127. The van der Waals surface area contributed by atoms with Gasteiger partial charge in [-0.15, -0.1) is 0 Å². The third kappa shape index (κ3) is 3.37. The van der Waals surface area contributed by atoms with Crippen LogP contribution in [0.3, 0.4) is 0 Å². The van der Waals surface area contributed by atoms with E-state index in [2.05, 4.69) is 90.9 Å². The summed E-state index contributed by atoms with van der Waals surface area (Å²) < 4.78 is 2.41. The van der Waals surface area contributed by atoms with E-state index in [0.717, 1.165) is 13.1 Å². The largest absolute Gasteiger partial charge is 1.00 e. The quantitative estimate of drug-likeness (QED) is 0.425. The van der Waals surface area contributed by atoms with Gasteiger partial charge in [0.25, 0.3) is 0 Å². The molecule has 0 N–H and O–H groups in total. The average molecular weight is 474 g/mol. The van der Waals surface area contributed by atoms with Gasteiger partial charge in [0.15, 0.2) is 0 Å². The first-order chi connectivity index (χ1) is 12.2. The zero-order chi connectivity index (χ0) is 17.4. The minimum Gasteiger partial charge on any atom is -1.00 e. The van der Waals surface area contributed by atoms with Crippen molar-refractivity contribution in [1.29, 1.82) is 0 Å². The molecule has 0 aliphatic carbocycles. The van der Waals surface area contributed by atoms with Crippen molar-refractivity contribution in [2.45, 2.75) is 32.2 Å². The van der Waals surface area contributed by atoms with Gasteiger partial charge in [-0.1, -0.05) is 30.0 Å². The van der Waals surface area contributed by atoms with E-state index in [-0.39, 0.29) is 24.0 Å². The van der Waals surface area contributed by atoms with Gasteiger partial charge in [0.1, 0.15) is 6.54 Å². The molecule has 0 bridgehead atoms. The van der Waals surface area contributed by atoms with Gasteiger partial charge in [0.05, 0.1) is 10.7 Å². The predicted octanol–water partition coefficient (Wildman–Crippen LogP) is 2.39. The molecule has 0 saturated carbocycles. The monoisotopic (exact) mass is 474 g/mol. The number of thioether (sulfide) groups is 1. The maximum absolute atomic E-state index is 2.41. The Morgan fingerprint density at radius 2 is 1.81 bits per heavy atom. The average Bonchev–Trinajstić information content (AvgIpc) is 2.98. The third-order valence-electron chi connectivity index (χ3n) is 4.76. The van der Waals surface area contributed by atoms with Crippen LogP contribution < -0.4 is 33.4 Å². The summed E-state index contributed by atoms with van der Waals surface area (Å²) in [5.74, 6) is 0. The Balaban J connectivity index is 0.00000196. The molecular formula is C22H23IN2S. The molecule has 2 heterocycles. The van der Waals surface area contributed by atoms with E-state index in [1.807, 2.05) is 11.8 Å². The van der Waals surface area contributed by atoms with Crippen molar-refractivity contribution in [3.05, 3.63) is 70.9 Å². The van der Waals surface area contributed by atoms with Crippen molar-refractivity contribution >= 4 is 34.4 Å². The maximum atomic E-state index is 2.41. The van der Waals surface area contributed by atoms with Gasteiger partial charge in [0, 0.05) is 35.0 Å². The molecule has 0 saturated heterocycles. The minimum absolute atomic E-state index is 0. The number of aromatic nitrogens is 1. The highest BCUT2D eigenvalue weighted by molar-refractivity contribution is 8.03. The number of benzene rings is 2. The minimum atomic E-state index is 0. The lowest BCUT2D eigenvalue weighted by Gasteiger charge is -2.17. The van der Waals surface area contributed by atoms with Gasteiger partial charge < -0.3 is 28.9 Å². The van der Waals surface area contributed by atoms with Crippen molar-refractivity contribution in [3.63, 3.8) is 0 Å². The highest BCUT2D eigenvalue weighted by Crippen LogP contribution is 2.46. The molecule has 0 fully saturated rings. The summed E-state index contributed by atoms with van der Waals surface area (Å²) in [5.41, 5.74) is 5.19. The number of rotatable bonds is 3. The van der Waals surface area contributed by atoms with Crippen LogP contribution in [0.5, 0.6) is 0 Å². The molecule has 3 aromatic rings.